The van der Waals surface area contributed by atoms with Crippen LogP contribution in [-0.4, -0.2) is 18.6 Å². The molecule has 0 aromatic carbocycles. The predicted molar refractivity (Wildman–Crippen MR) is 68.6 cm³/mol. The summed E-state index contributed by atoms with van der Waals surface area (Å²) in [6.07, 6.45) is 7.28. The predicted octanol–water partition coefficient (Wildman–Crippen LogP) is 2.60. The number of pyridine rings is 1. The zero-order valence-electron chi connectivity index (χ0n) is 10.2. The Morgan fingerprint density at radius 3 is 2.75 bits per heavy atom. The lowest BCUT2D eigenvalue weighted by atomic mass is 10.1. The first-order chi connectivity index (χ1) is 7.66. The minimum Gasteiger partial charge on any atom is -0.397 e. The summed E-state index contributed by atoms with van der Waals surface area (Å²) in [6.45, 7) is 3.20. The van der Waals surface area contributed by atoms with E-state index in [1.54, 1.807) is 6.20 Å². The number of aryl methyl sites for hydroxylation is 1. The molecule has 1 aromatic heterocycles. The number of nitrogen functional groups attached to an aromatic ring is 1. The van der Waals surface area contributed by atoms with Crippen LogP contribution in [0, 0.1) is 12.8 Å². The van der Waals surface area contributed by atoms with E-state index in [9.17, 15) is 0 Å². The second-order valence-electron chi connectivity index (χ2n) is 4.94. The highest BCUT2D eigenvalue weighted by molar-refractivity contribution is 5.52. The van der Waals surface area contributed by atoms with Crippen LogP contribution in [-0.2, 0) is 0 Å². The summed E-state index contributed by atoms with van der Waals surface area (Å²) < 4.78 is 0. The number of nitrogens with zero attached hydrogens (tertiary/aromatic N) is 2. The molecule has 0 spiro atoms. The van der Waals surface area contributed by atoms with Gasteiger partial charge in [-0.3, -0.25) is 0 Å². The molecule has 1 aliphatic rings. The molecule has 0 bridgehead atoms. The summed E-state index contributed by atoms with van der Waals surface area (Å²) in [4.78, 5) is 6.69. The van der Waals surface area contributed by atoms with Crippen molar-refractivity contribution in [1.29, 1.82) is 0 Å². The molecule has 1 aliphatic carbocycles. The van der Waals surface area contributed by atoms with E-state index in [1.165, 1.54) is 31.2 Å². The van der Waals surface area contributed by atoms with Crippen LogP contribution in [0.25, 0.3) is 0 Å². The van der Waals surface area contributed by atoms with Crippen LogP contribution in [0.4, 0.5) is 11.5 Å². The van der Waals surface area contributed by atoms with E-state index in [1.807, 2.05) is 6.07 Å². The van der Waals surface area contributed by atoms with Gasteiger partial charge in [-0.15, -0.1) is 0 Å². The van der Waals surface area contributed by atoms with E-state index in [0.717, 1.165) is 24.0 Å². The Balaban J connectivity index is 2.04. The lowest BCUT2D eigenvalue weighted by molar-refractivity contribution is 0.544. The van der Waals surface area contributed by atoms with Crippen LogP contribution >= 0.6 is 0 Å². The maximum atomic E-state index is 5.71. The van der Waals surface area contributed by atoms with Gasteiger partial charge in [0.05, 0.1) is 11.9 Å². The first-order valence-corrected chi connectivity index (χ1v) is 6.10. The Bertz CT molecular complexity index is 356. The third-order valence-electron chi connectivity index (χ3n) is 3.44. The highest BCUT2D eigenvalue weighted by atomic mass is 15.2. The Hall–Kier alpha value is -1.25. The molecule has 2 N–H and O–H groups in total. The molecule has 0 amide bonds. The zero-order chi connectivity index (χ0) is 11.5. The van der Waals surface area contributed by atoms with Crippen molar-refractivity contribution in [3.8, 4) is 0 Å². The Morgan fingerprint density at radius 1 is 1.44 bits per heavy atom. The number of aromatic nitrogens is 1. The smallest absolute Gasteiger partial charge is 0.131 e. The van der Waals surface area contributed by atoms with Crippen LogP contribution in [0.5, 0.6) is 0 Å². The SMILES string of the molecule is Cc1cc(N)cnc1N(C)CC1CCCC1. The van der Waals surface area contributed by atoms with E-state index < -0.39 is 0 Å². The zero-order valence-corrected chi connectivity index (χ0v) is 10.2. The minimum absolute atomic E-state index is 0.746. The summed E-state index contributed by atoms with van der Waals surface area (Å²) in [7, 11) is 2.13. The number of hydrogen-bond donors (Lipinski definition) is 1. The van der Waals surface area contributed by atoms with Crippen molar-refractivity contribution in [3.05, 3.63) is 17.8 Å². The summed E-state index contributed by atoms with van der Waals surface area (Å²) in [5, 5.41) is 0. The second-order valence-corrected chi connectivity index (χ2v) is 4.94. The fraction of sp³-hybridized carbons (Fsp3) is 0.615. The molecule has 1 fully saturated rings. The molecule has 3 nitrogen and oxygen atoms in total. The van der Waals surface area contributed by atoms with E-state index in [-0.39, 0.29) is 0 Å². The average molecular weight is 219 g/mol. The van der Waals surface area contributed by atoms with Crippen molar-refractivity contribution in [2.45, 2.75) is 32.6 Å². The highest BCUT2D eigenvalue weighted by Gasteiger charge is 2.18. The van der Waals surface area contributed by atoms with Crippen LogP contribution in [0.1, 0.15) is 31.2 Å². The van der Waals surface area contributed by atoms with Gasteiger partial charge in [0.1, 0.15) is 5.82 Å². The van der Waals surface area contributed by atoms with Gasteiger partial charge in [-0.1, -0.05) is 12.8 Å². The van der Waals surface area contributed by atoms with Gasteiger partial charge in [-0.05, 0) is 37.3 Å². The molecule has 16 heavy (non-hydrogen) atoms. The second kappa shape index (κ2) is 4.73. The molecule has 2 rings (SSSR count). The Kier molecular flexibility index (Phi) is 3.32. The van der Waals surface area contributed by atoms with Gasteiger partial charge in [0.15, 0.2) is 0 Å². The molecular formula is C13H21N3. The highest BCUT2D eigenvalue weighted by Crippen LogP contribution is 2.27. The fourth-order valence-electron chi connectivity index (χ4n) is 2.66. The monoisotopic (exact) mass is 219 g/mol. The van der Waals surface area contributed by atoms with Crippen LogP contribution in [0.15, 0.2) is 12.3 Å². The largest absolute Gasteiger partial charge is 0.397 e. The van der Waals surface area contributed by atoms with Crippen molar-refractivity contribution in [2.24, 2.45) is 5.92 Å². The first-order valence-electron chi connectivity index (χ1n) is 6.10. The normalized spacial score (nSPS) is 16.6. The maximum Gasteiger partial charge on any atom is 0.131 e. The summed E-state index contributed by atoms with van der Waals surface area (Å²) in [6, 6.07) is 1.99. The average Bonchev–Trinajstić information content (AvgIpc) is 2.70. The van der Waals surface area contributed by atoms with Gasteiger partial charge in [-0.25, -0.2) is 4.98 Å². The lowest BCUT2D eigenvalue weighted by Crippen LogP contribution is -2.25. The molecule has 1 saturated carbocycles. The molecule has 1 heterocycles. The Labute approximate surface area is 97.7 Å². The number of nitrogens with two attached hydrogens (primary N) is 1. The quantitative estimate of drug-likeness (QED) is 0.849. The van der Waals surface area contributed by atoms with Crippen molar-refractivity contribution in [2.75, 3.05) is 24.2 Å². The lowest BCUT2D eigenvalue weighted by Gasteiger charge is -2.23. The van der Waals surface area contributed by atoms with Crippen molar-refractivity contribution in [1.82, 2.24) is 4.98 Å². The van der Waals surface area contributed by atoms with E-state index in [4.69, 9.17) is 5.73 Å². The molecule has 88 valence electrons. The van der Waals surface area contributed by atoms with Crippen molar-refractivity contribution < 1.29 is 0 Å². The van der Waals surface area contributed by atoms with Gasteiger partial charge in [0.2, 0.25) is 0 Å². The van der Waals surface area contributed by atoms with Crippen LogP contribution < -0.4 is 10.6 Å². The topological polar surface area (TPSA) is 42.1 Å². The van der Waals surface area contributed by atoms with Gasteiger partial charge in [0.25, 0.3) is 0 Å². The van der Waals surface area contributed by atoms with Gasteiger partial charge < -0.3 is 10.6 Å². The van der Waals surface area contributed by atoms with E-state index >= 15 is 0 Å². The standard InChI is InChI=1S/C13H21N3/c1-10-7-12(14)8-15-13(10)16(2)9-11-5-3-4-6-11/h7-8,11H,3-6,9,14H2,1-2H3. The maximum absolute atomic E-state index is 5.71. The van der Waals surface area contributed by atoms with Gasteiger partial charge >= 0.3 is 0 Å². The number of anilines is 2. The molecule has 0 unspecified atom stereocenters. The number of rotatable bonds is 3. The summed E-state index contributed by atoms with van der Waals surface area (Å²) in [5.74, 6) is 1.92. The van der Waals surface area contributed by atoms with E-state index in [2.05, 4.69) is 23.9 Å². The molecule has 0 aliphatic heterocycles. The van der Waals surface area contributed by atoms with Crippen molar-refractivity contribution >= 4 is 11.5 Å². The molecule has 3 heteroatoms. The van der Waals surface area contributed by atoms with Gasteiger partial charge in [-0.2, -0.15) is 0 Å². The third-order valence-corrected chi connectivity index (χ3v) is 3.44. The Morgan fingerprint density at radius 2 is 2.12 bits per heavy atom. The number of hydrogen-bond acceptors (Lipinski definition) is 3. The minimum atomic E-state index is 0.746. The molecular weight excluding hydrogens is 198 g/mol. The molecule has 1 aromatic rings. The van der Waals surface area contributed by atoms with Crippen molar-refractivity contribution in [3.63, 3.8) is 0 Å². The summed E-state index contributed by atoms with van der Waals surface area (Å²) >= 11 is 0. The first kappa shape index (κ1) is 11.2. The van der Waals surface area contributed by atoms with Crippen LogP contribution in [0.3, 0.4) is 0 Å². The molecule has 0 radical (unpaired) electrons. The molecule has 0 saturated heterocycles. The van der Waals surface area contributed by atoms with Gasteiger partial charge in [0, 0.05) is 13.6 Å². The third kappa shape index (κ3) is 2.46. The van der Waals surface area contributed by atoms with E-state index in [0.29, 0.717) is 0 Å². The fourth-order valence-corrected chi connectivity index (χ4v) is 2.66. The van der Waals surface area contributed by atoms with Crippen LogP contribution in [0.2, 0.25) is 0 Å². The molecule has 0 atom stereocenters. The summed E-state index contributed by atoms with van der Waals surface area (Å²) in [5.41, 5.74) is 7.62.